The number of nitrogens with zero attached hydrogens (tertiary/aromatic N) is 1. The summed E-state index contributed by atoms with van der Waals surface area (Å²) in [5, 5.41) is 6.30. The van der Waals surface area contributed by atoms with Crippen molar-refractivity contribution in [3.8, 4) is 17.0 Å². The van der Waals surface area contributed by atoms with Gasteiger partial charge in [-0.25, -0.2) is 4.98 Å². The zero-order valence-electron chi connectivity index (χ0n) is 15.6. The van der Waals surface area contributed by atoms with Crippen molar-refractivity contribution in [3.63, 3.8) is 0 Å². The molecule has 4 bridgehead atoms. The molecule has 0 saturated heterocycles. The van der Waals surface area contributed by atoms with Crippen molar-refractivity contribution >= 4 is 49.9 Å². The number of hydrogen-bond donors (Lipinski definition) is 1. The first-order valence-corrected chi connectivity index (χ1v) is 11.7. The SMILES string of the molecule is COc1ccc(-c2csc(NC(=O)C34CC5CC(CC(Br)(C5)C3)C4)n2)cc1Cl. The Morgan fingerprint density at radius 2 is 2.07 bits per heavy atom. The van der Waals surface area contributed by atoms with Gasteiger partial charge in [-0.1, -0.05) is 27.5 Å². The van der Waals surface area contributed by atoms with E-state index in [0.717, 1.165) is 30.5 Å². The van der Waals surface area contributed by atoms with Crippen LogP contribution in [0.4, 0.5) is 5.13 Å². The Labute approximate surface area is 182 Å². The number of halogens is 2. The van der Waals surface area contributed by atoms with Gasteiger partial charge in [-0.3, -0.25) is 4.79 Å². The predicted molar refractivity (Wildman–Crippen MR) is 117 cm³/mol. The fourth-order valence-electron chi connectivity index (χ4n) is 5.94. The molecule has 1 heterocycles. The zero-order valence-corrected chi connectivity index (χ0v) is 18.8. The summed E-state index contributed by atoms with van der Waals surface area (Å²) in [5.41, 5.74) is 1.49. The van der Waals surface area contributed by atoms with Crippen LogP contribution in [0.3, 0.4) is 0 Å². The first-order chi connectivity index (χ1) is 13.4. The van der Waals surface area contributed by atoms with Crippen molar-refractivity contribution in [1.82, 2.24) is 4.98 Å². The minimum Gasteiger partial charge on any atom is -0.495 e. The number of nitrogens with one attached hydrogen (secondary N) is 1. The summed E-state index contributed by atoms with van der Waals surface area (Å²) in [6, 6.07) is 5.61. The Morgan fingerprint density at radius 3 is 2.71 bits per heavy atom. The number of hydrogen-bond acceptors (Lipinski definition) is 4. The topological polar surface area (TPSA) is 51.2 Å². The predicted octanol–water partition coefficient (Wildman–Crippen LogP) is 6.14. The molecule has 7 heteroatoms. The second kappa shape index (κ2) is 6.71. The lowest BCUT2D eigenvalue weighted by Gasteiger charge is -2.59. The van der Waals surface area contributed by atoms with Gasteiger partial charge in [-0.15, -0.1) is 11.3 Å². The molecule has 1 N–H and O–H groups in total. The molecule has 1 aromatic heterocycles. The minimum absolute atomic E-state index is 0.152. The summed E-state index contributed by atoms with van der Waals surface area (Å²) in [6.45, 7) is 0. The summed E-state index contributed by atoms with van der Waals surface area (Å²) in [7, 11) is 1.60. The highest BCUT2D eigenvalue weighted by Gasteiger charge is 2.59. The van der Waals surface area contributed by atoms with Gasteiger partial charge in [-0.05, 0) is 68.6 Å². The highest BCUT2D eigenvalue weighted by Crippen LogP contribution is 2.64. The molecule has 4 fully saturated rings. The van der Waals surface area contributed by atoms with Crippen LogP contribution >= 0.6 is 38.9 Å². The van der Waals surface area contributed by atoms with Gasteiger partial charge in [0.15, 0.2) is 5.13 Å². The molecule has 0 radical (unpaired) electrons. The molecule has 4 saturated carbocycles. The van der Waals surface area contributed by atoms with Crippen LogP contribution in [0, 0.1) is 17.3 Å². The Bertz CT molecular complexity index is 932. The van der Waals surface area contributed by atoms with E-state index in [2.05, 4.69) is 26.2 Å². The number of anilines is 1. The van der Waals surface area contributed by atoms with Crippen molar-refractivity contribution < 1.29 is 9.53 Å². The maximum atomic E-state index is 13.3. The van der Waals surface area contributed by atoms with Gasteiger partial charge in [0.1, 0.15) is 5.75 Å². The minimum atomic E-state index is -0.233. The molecule has 2 atom stereocenters. The third kappa shape index (κ3) is 3.17. The molecule has 2 aromatic rings. The molecule has 4 nitrogen and oxygen atoms in total. The molecule has 2 unspecified atom stereocenters. The van der Waals surface area contributed by atoms with Crippen LogP contribution in [0.15, 0.2) is 23.6 Å². The largest absolute Gasteiger partial charge is 0.495 e. The normalized spacial score (nSPS) is 33.1. The van der Waals surface area contributed by atoms with Crippen LogP contribution in [0.25, 0.3) is 11.3 Å². The summed E-state index contributed by atoms with van der Waals surface area (Å²) in [5.74, 6) is 2.15. The smallest absolute Gasteiger partial charge is 0.232 e. The fourth-order valence-corrected chi connectivity index (χ4v) is 8.36. The van der Waals surface area contributed by atoms with Gasteiger partial charge in [0, 0.05) is 15.3 Å². The first kappa shape index (κ1) is 18.9. The molecule has 148 valence electrons. The molecular formula is C21H22BrClN2O2S. The van der Waals surface area contributed by atoms with E-state index in [4.69, 9.17) is 16.3 Å². The number of alkyl halides is 1. The molecule has 0 aliphatic heterocycles. The Balaban J connectivity index is 1.35. The van der Waals surface area contributed by atoms with Crippen LogP contribution < -0.4 is 10.1 Å². The lowest BCUT2D eigenvalue weighted by atomic mass is 9.49. The average Bonchev–Trinajstić information content (AvgIpc) is 3.08. The number of amides is 1. The maximum Gasteiger partial charge on any atom is 0.232 e. The van der Waals surface area contributed by atoms with Gasteiger partial charge < -0.3 is 10.1 Å². The molecule has 0 spiro atoms. The fraction of sp³-hybridized carbons (Fsp3) is 0.524. The van der Waals surface area contributed by atoms with Crippen molar-refractivity contribution in [2.24, 2.45) is 17.3 Å². The molecule has 28 heavy (non-hydrogen) atoms. The Hall–Kier alpha value is -1.11. The molecule has 4 aliphatic carbocycles. The van der Waals surface area contributed by atoms with Crippen LogP contribution in [0.2, 0.25) is 5.02 Å². The van der Waals surface area contributed by atoms with Crippen LogP contribution in [-0.2, 0) is 4.79 Å². The summed E-state index contributed by atoms with van der Waals surface area (Å²) in [4.78, 5) is 17.9. The van der Waals surface area contributed by atoms with Crippen molar-refractivity contribution in [3.05, 3.63) is 28.6 Å². The highest BCUT2D eigenvalue weighted by atomic mass is 79.9. The third-order valence-corrected chi connectivity index (χ3v) is 8.62. The standard InChI is InChI=1S/C21H22BrClN2O2S/c1-27-17-3-2-14(5-15(17)23)16-10-28-19(24-16)25-18(26)20-6-12-4-13(7-20)9-21(22,8-12)11-20/h2-3,5,10,12-13H,4,6-9,11H2,1H3,(H,24,25,26). The Kier molecular flexibility index (Phi) is 4.53. The molecule has 1 aromatic carbocycles. The van der Waals surface area contributed by atoms with Gasteiger partial charge in [-0.2, -0.15) is 0 Å². The number of thiazole rings is 1. The van der Waals surface area contributed by atoms with Crippen molar-refractivity contribution in [2.45, 2.75) is 42.8 Å². The van der Waals surface area contributed by atoms with E-state index in [0.29, 0.717) is 27.7 Å². The zero-order chi connectivity index (χ0) is 19.5. The number of aromatic nitrogens is 1. The first-order valence-electron chi connectivity index (χ1n) is 9.68. The summed E-state index contributed by atoms with van der Waals surface area (Å²) in [6.07, 6.45) is 6.73. The van der Waals surface area contributed by atoms with Gasteiger partial charge in [0.2, 0.25) is 5.91 Å². The van der Waals surface area contributed by atoms with E-state index in [1.165, 1.54) is 30.6 Å². The van der Waals surface area contributed by atoms with Crippen LogP contribution in [-0.4, -0.2) is 22.3 Å². The van der Waals surface area contributed by atoms with Gasteiger partial charge in [0.25, 0.3) is 0 Å². The summed E-state index contributed by atoms with van der Waals surface area (Å²) < 4.78 is 5.38. The van der Waals surface area contributed by atoms with E-state index in [9.17, 15) is 4.79 Å². The molecule has 1 amide bonds. The summed E-state index contributed by atoms with van der Waals surface area (Å²) >= 11 is 11.7. The van der Waals surface area contributed by atoms with Crippen molar-refractivity contribution in [2.75, 3.05) is 12.4 Å². The van der Waals surface area contributed by atoms with Crippen LogP contribution in [0.5, 0.6) is 5.75 Å². The van der Waals surface area contributed by atoms with E-state index < -0.39 is 0 Å². The monoisotopic (exact) mass is 480 g/mol. The number of rotatable bonds is 4. The van der Waals surface area contributed by atoms with Gasteiger partial charge >= 0.3 is 0 Å². The number of benzene rings is 1. The van der Waals surface area contributed by atoms with Crippen LogP contribution in [0.1, 0.15) is 38.5 Å². The maximum absolute atomic E-state index is 13.3. The number of ether oxygens (including phenoxy) is 1. The van der Waals surface area contributed by atoms with E-state index in [1.54, 1.807) is 7.11 Å². The average molecular weight is 482 g/mol. The second-order valence-electron chi connectivity index (χ2n) is 8.73. The molecular weight excluding hydrogens is 460 g/mol. The number of carbonyl (C=O) groups is 1. The highest BCUT2D eigenvalue weighted by molar-refractivity contribution is 9.10. The molecule has 4 aliphatic rings. The lowest BCUT2D eigenvalue weighted by molar-refractivity contribution is -0.138. The quantitative estimate of drug-likeness (QED) is 0.533. The second-order valence-corrected chi connectivity index (χ2v) is 11.7. The van der Waals surface area contributed by atoms with E-state index in [-0.39, 0.29) is 15.6 Å². The van der Waals surface area contributed by atoms with Crippen molar-refractivity contribution in [1.29, 1.82) is 0 Å². The van der Waals surface area contributed by atoms with E-state index >= 15 is 0 Å². The number of methoxy groups -OCH3 is 1. The lowest BCUT2D eigenvalue weighted by Crippen LogP contribution is -2.57. The Morgan fingerprint density at radius 1 is 1.32 bits per heavy atom. The number of carbonyl (C=O) groups excluding carboxylic acids is 1. The molecule has 6 rings (SSSR count). The van der Waals surface area contributed by atoms with Gasteiger partial charge in [0.05, 0.1) is 23.2 Å². The van der Waals surface area contributed by atoms with E-state index in [1.807, 2.05) is 23.6 Å². The third-order valence-electron chi connectivity index (χ3n) is 6.64.